The minimum atomic E-state index is -4.35. The molecular weight excluding hydrogens is 339 g/mol. The Morgan fingerprint density at radius 3 is 2.79 bits per heavy atom. The highest BCUT2D eigenvalue weighted by Gasteiger charge is 2.28. The summed E-state index contributed by atoms with van der Waals surface area (Å²) in [4.78, 5) is 4.14. The van der Waals surface area contributed by atoms with Crippen molar-refractivity contribution >= 4 is 17.7 Å². The van der Waals surface area contributed by atoms with Gasteiger partial charge in [-0.1, -0.05) is 18.2 Å². The Hall–Kier alpha value is -1.57. The van der Waals surface area contributed by atoms with Crippen LogP contribution in [0.5, 0.6) is 5.75 Å². The fraction of sp³-hybridized carbons (Fsp3) is 0.562. The molecule has 134 valence electrons. The number of ether oxygens (including phenoxy) is 1. The monoisotopic (exact) mass is 361 g/mol. The van der Waals surface area contributed by atoms with Crippen molar-refractivity contribution in [2.45, 2.75) is 30.8 Å². The van der Waals surface area contributed by atoms with E-state index in [1.54, 1.807) is 25.2 Å². The third-order valence-electron chi connectivity index (χ3n) is 3.56. The normalized spacial score (nSPS) is 18.5. The number of hydrogen-bond donors (Lipinski definition) is 2. The first-order valence-corrected chi connectivity index (χ1v) is 8.86. The van der Waals surface area contributed by atoms with Gasteiger partial charge in [0, 0.05) is 31.0 Å². The van der Waals surface area contributed by atoms with E-state index in [-0.39, 0.29) is 5.75 Å². The number of nitrogens with one attached hydrogen (secondary N) is 2. The van der Waals surface area contributed by atoms with Crippen LogP contribution in [0.3, 0.4) is 0 Å². The van der Waals surface area contributed by atoms with Gasteiger partial charge in [-0.25, -0.2) is 0 Å². The second kappa shape index (κ2) is 9.05. The van der Waals surface area contributed by atoms with Crippen molar-refractivity contribution < 1.29 is 17.9 Å². The minimum Gasteiger partial charge on any atom is -0.484 e. The van der Waals surface area contributed by atoms with Crippen molar-refractivity contribution in [3.05, 3.63) is 29.8 Å². The molecule has 0 spiro atoms. The number of rotatable bonds is 6. The van der Waals surface area contributed by atoms with E-state index in [1.807, 2.05) is 11.8 Å². The highest BCUT2D eigenvalue weighted by molar-refractivity contribution is 8.00. The van der Waals surface area contributed by atoms with E-state index < -0.39 is 12.8 Å². The predicted octanol–water partition coefficient (Wildman–Crippen LogP) is 3.19. The first kappa shape index (κ1) is 18.8. The molecule has 1 aliphatic rings. The number of para-hydroxylation sites is 1. The summed E-state index contributed by atoms with van der Waals surface area (Å²) in [6.07, 6.45) is -1.91. The van der Waals surface area contributed by atoms with Gasteiger partial charge in [0.2, 0.25) is 0 Å². The van der Waals surface area contributed by atoms with Crippen LogP contribution in [0.1, 0.15) is 18.4 Å². The maximum Gasteiger partial charge on any atom is 0.422 e. The van der Waals surface area contributed by atoms with Gasteiger partial charge in [0.05, 0.1) is 0 Å². The Labute approximate surface area is 144 Å². The lowest BCUT2D eigenvalue weighted by Crippen LogP contribution is -2.39. The lowest BCUT2D eigenvalue weighted by Gasteiger charge is -2.17. The van der Waals surface area contributed by atoms with Crippen molar-refractivity contribution in [1.82, 2.24) is 10.6 Å². The molecule has 1 aliphatic heterocycles. The zero-order valence-corrected chi connectivity index (χ0v) is 14.3. The molecule has 1 unspecified atom stereocenters. The summed E-state index contributed by atoms with van der Waals surface area (Å²) in [6.45, 7) is -0.127. The number of thioether (sulfide) groups is 1. The van der Waals surface area contributed by atoms with Crippen LogP contribution in [-0.2, 0) is 6.54 Å². The van der Waals surface area contributed by atoms with E-state index in [2.05, 4.69) is 15.6 Å². The van der Waals surface area contributed by atoms with Crippen LogP contribution in [-0.4, -0.2) is 43.3 Å². The standard InChI is InChI=1S/C16H22F3N3OS/c1-20-15(22-10-13-6-4-8-24-13)21-9-12-5-2-3-7-14(12)23-11-16(17,18)19/h2-3,5,7,13H,4,6,8-11H2,1H3,(H2,20,21,22). The molecule has 0 amide bonds. The smallest absolute Gasteiger partial charge is 0.422 e. The van der Waals surface area contributed by atoms with Crippen LogP contribution >= 0.6 is 11.8 Å². The van der Waals surface area contributed by atoms with Crippen LogP contribution in [0.2, 0.25) is 0 Å². The zero-order chi connectivity index (χ0) is 17.4. The molecule has 4 nitrogen and oxygen atoms in total. The second-order valence-corrected chi connectivity index (χ2v) is 6.86. The predicted molar refractivity (Wildman–Crippen MR) is 91.7 cm³/mol. The highest BCUT2D eigenvalue weighted by atomic mass is 32.2. The summed E-state index contributed by atoms with van der Waals surface area (Å²) in [7, 11) is 1.67. The molecule has 0 aliphatic carbocycles. The molecule has 2 N–H and O–H groups in total. The molecule has 1 aromatic carbocycles. The molecule has 1 aromatic rings. The summed E-state index contributed by atoms with van der Waals surface area (Å²) in [5.41, 5.74) is 0.653. The first-order valence-electron chi connectivity index (χ1n) is 7.81. The third kappa shape index (κ3) is 6.51. The van der Waals surface area contributed by atoms with E-state index in [9.17, 15) is 13.2 Å². The highest BCUT2D eigenvalue weighted by Crippen LogP contribution is 2.25. The largest absolute Gasteiger partial charge is 0.484 e. The number of guanidine groups is 1. The minimum absolute atomic E-state index is 0.226. The number of halogens is 3. The molecule has 1 saturated heterocycles. The van der Waals surface area contributed by atoms with Crippen LogP contribution in [0, 0.1) is 0 Å². The quantitative estimate of drug-likeness (QED) is 0.603. The SMILES string of the molecule is CN=C(NCc1ccccc1OCC(F)(F)F)NCC1CCCS1. The summed E-state index contributed by atoms with van der Waals surface area (Å²) in [5.74, 6) is 2.06. The summed E-state index contributed by atoms with van der Waals surface area (Å²) in [6, 6.07) is 6.69. The van der Waals surface area contributed by atoms with E-state index in [1.165, 1.54) is 24.7 Å². The summed E-state index contributed by atoms with van der Waals surface area (Å²) < 4.78 is 41.8. The maximum atomic E-state index is 12.3. The van der Waals surface area contributed by atoms with E-state index >= 15 is 0 Å². The number of benzene rings is 1. The number of hydrogen-bond acceptors (Lipinski definition) is 3. The van der Waals surface area contributed by atoms with E-state index in [4.69, 9.17) is 4.74 Å². The van der Waals surface area contributed by atoms with Gasteiger partial charge in [-0.15, -0.1) is 0 Å². The van der Waals surface area contributed by atoms with Crippen molar-refractivity contribution in [1.29, 1.82) is 0 Å². The second-order valence-electron chi connectivity index (χ2n) is 5.45. The molecule has 24 heavy (non-hydrogen) atoms. The lowest BCUT2D eigenvalue weighted by atomic mass is 10.2. The maximum absolute atomic E-state index is 12.3. The van der Waals surface area contributed by atoms with Crippen LogP contribution in [0.4, 0.5) is 13.2 Å². The molecule has 2 rings (SSSR count). The Morgan fingerprint density at radius 1 is 1.33 bits per heavy atom. The lowest BCUT2D eigenvalue weighted by molar-refractivity contribution is -0.153. The van der Waals surface area contributed by atoms with Gasteiger partial charge in [-0.2, -0.15) is 24.9 Å². The zero-order valence-electron chi connectivity index (χ0n) is 13.5. The van der Waals surface area contributed by atoms with Crippen molar-refractivity contribution in [2.24, 2.45) is 4.99 Å². The topological polar surface area (TPSA) is 45.7 Å². The molecule has 1 heterocycles. The van der Waals surface area contributed by atoms with E-state index in [0.29, 0.717) is 23.3 Å². The van der Waals surface area contributed by atoms with Gasteiger partial charge in [0.25, 0.3) is 0 Å². The van der Waals surface area contributed by atoms with Crippen molar-refractivity contribution in [3.63, 3.8) is 0 Å². The Morgan fingerprint density at radius 2 is 2.12 bits per heavy atom. The third-order valence-corrected chi connectivity index (χ3v) is 4.95. The van der Waals surface area contributed by atoms with Crippen molar-refractivity contribution in [2.75, 3.05) is 26.0 Å². The van der Waals surface area contributed by atoms with Crippen LogP contribution < -0.4 is 15.4 Å². The molecule has 0 bridgehead atoms. The average Bonchev–Trinajstić information content (AvgIpc) is 3.06. The van der Waals surface area contributed by atoms with Gasteiger partial charge in [-0.3, -0.25) is 4.99 Å². The average molecular weight is 361 g/mol. The van der Waals surface area contributed by atoms with Crippen LogP contribution in [0.15, 0.2) is 29.3 Å². The van der Waals surface area contributed by atoms with Gasteiger partial charge >= 0.3 is 6.18 Å². The number of nitrogens with zero attached hydrogens (tertiary/aromatic N) is 1. The summed E-state index contributed by atoms with van der Waals surface area (Å²) in [5, 5.41) is 6.96. The van der Waals surface area contributed by atoms with Gasteiger partial charge in [-0.05, 0) is 24.7 Å². The van der Waals surface area contributed by atoms with Crippen molar-refractivity contribution in [3.8, 4) is 5.75 Å². The number of alkyl halides is 3. The van der Waals surface area contributed by atoms with Gasteiger partial charge < -0.3 is 15.4 Å². The molecular formula is C16H22F3N3OS. The van der Waals surface area contributed by atoms with Gasteiger partial charge in [0.1, 0.15) is 5.75 Å². The van der Waals surface area contributed by atoms with Gasteiger partial charge in [0.15, 0.2) is 12.6 Å². The molecule has 0 radical (unpaired) electrons. The first-order chi connectivity index (χ1) is 11.5. The molecule has 0 aromatic heterocycles. The molecule has 1 atom stereocenters. The number of aliphatic imine (C=N–C) groups is 1. The molecule has 8 heteroatoms. The Kier molecular flexibility index (Phi) is 7.08. The fourth-order valence-electron chi connectivity index (χ4n) is 2.37. The molecule has 0 saturated carbocycles. The fourth-order valence-corrected chi connectivity index (χ4v) is 3.57. The Bertz CT molecular complexity index is 546. The van der Waals surface area contributed by atoms with Crippen LogP contribution in [0.25, 0.3) is 0 Å². The summed E-state index contributed by atoms with van der Waals surface area (Å²) >= 11 is 1.95. The Balaban J connectivity index is 1.85. The molecule has 1 fully saturated rings. The van der Waals surface area contributed by atoms with E-state index in [0.717, 1.165) is 6.54 Å².